The van der Waals surface area contributed by atoms with Gasteiger partial charge in [0.05, 0.1) is 11.4 Å². The molecule has 0 aliphatic rings. The van der Waals surface area contributed by atoms with E-state index in [4.69, 9.17) is 0 Å². The van der Waals surface area contributed by atoms with Crippen LogP contribution in [-0.2, 0) is 7.05 Å². The van der Waals surface area contributed by atoms with Crippen LogP contribution in [0.2, 0.25) is 0 Å². The van der Waals surface area contributed by atoms with Gasteiger partial charge in [0.2, 0.25) is 0 Å². The number of benzene rings is 2. The second-order valence-corrected chi connectivity index (χ2v) is 8.01. The highest BCUT2D eigenvalue weighted by molar-refractivity contribution is 7.99. The van der Waals surface area contributed by atoms with Gasteiger partial charge in [-0.15, -0.1) is 10.2 Å². The number of aryl methyl sites for hydroxylation is 3. The molecule has 0 fully saturated rings. The average molecular weight is 403 g/mol. The Balaban J connectivity index is 1.71. The van der Waals surface area contributed by atoms with E-state index in [0.717, 1.165) is 22.6 Å². The SMILES string of the molecule is Cc1ccc(-n2c(SCC(=O)c3cccn3C)nnc2-c2cccc(C)c2)cc1. The summed E-state index contributed by atoms with van der Waals surface area (Å²) in [4.78, 5) is 12.6. The highest BCUT2D eigenvalue weighted by atomic mass is 32.2. The molecule has 0 saturated carbocycles. The highest BCUT2D eigenvalue weighted by Gasteiger charge is 2.18. The van der Waals surface area contributed by atoms with Gasteiger partial charge >= 0.3 is 0 Å². The molecule has 2 aromatic heterocycles. The zero-order valence-corrected chi connectivity index (χ0v) is 17.5. The summed E-state index contributed by atoms with van der Waals surface area (Å²) in [5.41, 5.74) is 5.02. The van der Waals surface area contributed by atoms with E-state index in [1.165, 1.54) is 17.3 Å². The Labute approximate surface area is 174 Å². The third-order valence-electron chi connectivity index (χ3n) is 4.76. The molecule has 0 bridgehead atoms. The Morgan fingerprint density at radius 1 is 0.966 bits per heavy atom. The van der Waals surface area contributed by atoms with Crippen LogP contribution in [0, 0.1) is 13.8 Å². The predicted molar refractivity (Wildman–Crippen MR) is 117 cm³/mol. The lowest BCUT2D eigenvalue weighted by Crippen LogP contribution is -2.08. The molecule has 29 heavy (non-hydrogen) atoms. The van der Waals surface area contributed by atoms with E-state index in [2.05, 4.69) is 60.4 Å². The molecule has 0 aliphatic carbocycles. The van der Waals surface area contributed by atoms with Gasteiger partial charge in [-0.1, -0.05) is 53.2 Å². The van der Waals surface area contributed by atoms with Gasteiger partial charge in [0.25, 0.3) is 0 Å². The number of hydrogen-bond donors (Lipinski definition) is 0. The van der Waals surface area contributed by atoms with Crippen LogP contribution in [-0.4, -0.2) is 30.9 Å². The number of ketones is 1. The standard InChI is InChI=1S/C23H22N4OS/c1-16-9-11-19(12-10-16)27-22(18-7-4-6-17(2)14-18)24-25-23(27)29-15-21(28)20-8-5-13-26(20)3/h4-14H,15H2,1-3H3. The molecule has 0 radical (unpaired) electrons. The molecule has 2 aromatic carbocycles. The Kier molecular flexibility index (Phi) is 5.36. The van der Waals surface area contributed by atoms with Crippen molar-refractivity contribution in [2.24, 2.45) is 7.05 Å². The molecule has 0 unspecified atom stereocenters. The van der Waals surface area contributed by atoms with E-state index in [-0.39, 0.29) is 5.78 Å². The van der Waals surface area contributed by atoms with E-state index in [0.29, 0.717) is 16.6 Å². The van der Waals surface area contributed by atoms with Crippen LogP contribution in [0.4, 0.5) is 0 Å². The van der Waals surface area contributed by atoms with Crippen LogP contribution in [0.1, 0.15) is 21.6 Å². The van der Waals surface area contributed by atoms with Gasteiger partial charge in [-0.05, 0) is 44.2 Å². The molecule has 0 aliphatic heterocycles. The summed E-state index contributed by atoms with van der Waals surface area (Å²) in [6.07, 6.45) is 1.88. The number of carbonyl (C=O) groups is 1. The lowest BCUT2D eigenvalue weighted by atomic mass is 10.1. The molecule has 146 valence electrons. The summed E-state index contributed by atoms with van der Waals surface area (Å²) in [5.74, 6) is 1.14. The molecule has 5 nitrogen and oxygen atoms in total. The summed E-state index contributed by atoms with van der Waals surface area (Å²) in [7, 11) is 1.88. The minimum absolute atomic E-state index is 0.0676. The summed E-state index contributed by atoms with van der Waals surface area (Å²) in [5, 5.41) is 9.58. The van der Waals surface area contributed by atoms with Crippen molar-refractivity contribution in [3.05, 3.63) is 83.7 Å². The Bertz CT molecular complexity index is 1160. The predicted octanol–water partition coefficient (Wildman–Crippen LogP) is 4.86. The maximum absolute atomic E-state index is 12.6. The van der Waals surface area contributed by atoms with Gasteiger partial charge in [-0.2, -0.15) is 0 Å². The van der Waals surface area contributed by atoms with Crippen molar-refractivity contribution in [3.8, 4) is 17.1 Å². The summed E-state index contributed by atoms with van der Waals surface area (Å²) < 4.78 is 3.86. The lowest BCUT2D eigenvalue weighted by molar-refractivity contribution is 0.101. The fourth-order valence-electron chi connectivity index (χ4n) is 3.22. The molecule has 0 saturated heterocycles. The van der Waals surface area contributed by atoms with Crippen molar-refractivity contribution >= 4 is 17.5 Å². The fraction of sp³-hybridized carbons (Fsp3) is 0.174. The smallest absolute Gasteiger partial charge is 0.196 e. The second-order valence-electron chi connectivity index (χ2n) is 7.06. The molecule has 4 aromatic rings. The quantitative estimate of drug-likeness (QED) is 0.341. The summed E-state index contributed by atoms with van der Waals surface area (Å²) in [6, 6.07) is 20.2. The molecule has 0 N–H and O–H groups in total. The number of hydrogen-bond acceptors (Lipinski definition) is 4. The van der Waals surface area contributed by atoms with Crippen molar-refractivity contribution in [3.63, 3.8) is 0 Å². The van der Waals surface area contributed by atoms with E-state index in [9.17, 15) is 4.79 Å². The van der Waals surface area contributed by atoms with Crippen LogP contribution < -0.4 is 0 Å². The van der Waals surface area contributed by atoms with Crippen molar-refractivity contribution in [2.75, 3.05) is 5.75 Å². The first-order chi connectivity index (χ1) is 14.0. The maximum atomic E-state index is 12.6. The third kappa shape index (κ3) is 4.03. The Hall–Kier alpha value is -3.12. The van der Waals surface area contributed by atoms with Crippen LogP contribution in [0.25, 0.3) is 17.1 Å². The largest absolute Gasteiger partial charge is 0.348 e. The van der Waals surface area contributed by atoms with Crippen molar-refractivity contribution in [1.82, 2.24) is 19.3 Å². The second kappa shape index (κ2) is 8.09. The molecule has 0 amide bonds. The van der Waals surface area contributed by atoms with Crippen LogP contribution in [0.5, 0.6) is 0 Å². The number of Topliss-reactive ketones (excluding diaryl/α,β-unsaturated/α-hetero) is 1. The minimum atomic E-state index is 0.0676. The van der Waals surface area contributed by atoms with Gasteiger partial charge in [0.1, 0.15) is 0 Å². The molecule has 0 atom stereocenters. The molecule has 2 heterocycles. The number of nitrogens with zero attached hydrogens (tertiary/aromatic N) is 4. The Morgan fingerprint density at radius 2 is 1.76 bits per heavy atom. The highest BCUT2D eigenvalue weighted by Crippen LogP contribution is 2.29. The minimum Gasteiger partial charge on any atom is -0.348 e. The molecular formula is C23H22N4OS. The molecule has 4 rings (SSSR count). The first-order valence-corrected chi connectivity index (χ1v) is 10.4. The number of carbonyl (C=O) groups excluding carboxylic acids is 1. The molecule has 6 heteroatoms. The summed E-state index contributed by atoms with van der Waals surface area (Å²) in [6.45, 7) is 4.12. The van der Waals surface area contributed by atoms with Crippen LogP contribution in [0.3, 0.4) is 0 Å². The van der Waals surface area contributed by atoms with Crippen LogP contribution >= 0.6 is 11.8 Å². The van der Waals surface area contributed by atoms with Crippen molar-refractivity contribution in [2.45, 2.75) is 19.0 Å². The van der Waals surface area contributed by atoms with Crippen LogP contribution in [0.15, 0.2) is 72.0 Å². The topological polar surface area (TPSA) is 52.7 Å². The number of rotatable bonds is 6. The van der Waals surface area contributed by atoms with E-state index >= 15 is 0 Å². The van der Waals surface area contributed by atoms with Crippen molar-refractivity contribution in [1.29, 1.82) is 0 Å². The van der Waals surface area contributed by atoms with Gasteiger partial charge in [-0.3, -0.25) is 9.36 Å². The third-order valence-corrected chi connectivity index (χ3v) is 5.69. The van der Waals surface area contributed by atoms with E-state index in [1.54, 1.807) is 0 Å². The molecule has 0 spiro atoms. The number of thioether (sulfide) groups is 1. The zero-order chi connectivity index (χ0) is 20.4. The molecular weight excluding hydrogens is 380 g/mol. The Morgan fingerprint density at radius 3 is 2.45 bits per heavy atom. The average Bonchev–Trinajstić information content (AvgIpc) is 3.33. The normalized spacial score (nSPS) is 11.0. The number of aromatic nitrogens is 4. The van der Waals surface area contributed by atoms with Gasteiger partial charge < -0.3 is 4.57 Å². The van der Waals surface area contributed by atoms with Crippen molar-refractivity contribution < 1.29 is 4.79 Å². The van der Waals surface area contributed by atoms with Gasteiger partial charge in [0, 0.05) is 24.5 Å². The summed E-state index contributed by atoms with van der Waals surface area (Å²) >= 11 is 1.41. The first-order valence-electron chi connectivity index (χ1n) is 9.40. The zero-order valence-electron chi connectivity index (χ0n) is 16.7. The van der Waals surface area contributed by atoms with Gasteiger partial charge in [-0.25, -0.2) is 0 Å². The first kappa shape index (κ1) is 19.2. The van der Waals surface area contributed by atoms with E-state index < -0.39 is 0 Å². The van der Waals surface area contributed by atoms with Gasteiger partial charge in [0.15, 0.2) is 16.8 Å². The lowest BCUT2D eigenvalue weighted by Gasteiger charge is -2.11. The fourth-order valence-corrected chi connectivity index (χ4v) is 4.04. The van der Waals surface area contributed by atoms with E-state index in [1.807, 2.05) is 46.6 Å². The monoisotopic (exact) mass is 402 g/mol. The maximum Gasteiger partial charge on any atom is 0.196 e.